The molecule has 3 N–H and O–H groups in total. The highest BCUT2D eigenvalue weighted by atomic mass is 35.5. The highest BCUT2D eigenvalue weighted by Crippen LogP contribution is 2.21. The van der Waals surface area contributed by atoms with Gasteiger partial charge in [0.05, 0.1) is 17.1 Å². The number of nitro groups is 1. The van der Waals surface area contributed by atoms with Gasteiger partial charge in [0.25, 0.3) is 5.69 Å². The van der Waals surface area contributed by atoms with Gasteiger partial charge in [-0.25, -0.2) is 0 Å². The fraction of sp³-hybridized carbons (Fsp3) is 0.200. The van der Waals surface area contributed by atoms with Crippen molar-refractivity contribution >= 4 is 18.1 Å². The second-order valence-electron chi connectivity index (χ2n) is 4.63. The molecule has 0 radical (unpaired) electrons. The van der Waals surface area contributed by atoms with E-state index < -0.39 is 17.1 Å². The third-order valence-corrected chi connectivity index (χ3v) is 3.17. The summed E-state index contributed by atoms with van der Waals surface area (Å²) in [6.45, 7) is 0. The van der Waals surface area contributed by atoms with Crippen LogP contribution in [0.25, 0.3) is 0 Å². The maximum absolute atomic E-state index is 10.7. The van der Waals surface area contributed by atoms with Crippen LogP contribution in [0.4, 0.5) is 5.69 Å². The first-order valence-corrected chi connectivity index (χ1v) is 6.30. The minimum Gasteiger partial charge on any atom is -0.391 e. The van der Waals surface area contributed by atoms with Crippen LogP contribution in [0.15, 0.2) is 54.6 Å². The summed E-state index contributed by atoms with van der Waals surface area (Å²) in [6.07, 6.45) is -0.385. The van der Waals surface area contributed by atoms with E-state index in [2.05, 4.69) is 0 Å². The molecule has 0 aliphatic heterocycles. The molecule has 0 heterocycles. The van der Waals surface area contributed by atoms with Gasteiger partial charge in [0.2, 0.25) is 0 Å². The second-order valence-corrected chi connectivity index (χ2v) is 4.63. The van der Waals surface area contributed by atoms with Gasteiger partial charge >= 0.3 is 0 Å². The first kappa shape index (κ1) is 17.1. The Balaban J connectivity index is 0.00000220. The van der Waals surface area contributed by atoms with Crippen LogP contribution in [0, 0.1) is 10.1 Å². The summed E-state index contributed by atoms with van der Waals surface area (Å²) in [7, 11) is 0. The van der Waals surface area contributed by atoms with Gasteiger partial charge in [-0.15, -0.1) is 12.4 Å². The smallest absolute Gasteiger partial charge is 0.269 e. The molecule has 5 nitrogen and oxygen atoms in total. The molecule has 21 heavy (non-hydrogen) atoms. The lowest BCUT2D eigenvalue weighted by Gasteiger charge is -2.19. The predicted octanol–water partition coefficient (Wildman–Crippen LogP) is 2.62. The molecule has 0 aliphatic rings. The minimum absolute atomic E-state index is 0. The maximum atomic E-state index is 10.7. The molecule has 0 aliphatic carbocycles. The lowest BCUT2D eigenvalue weighted by atomic mass is 9.96. The predicted molar refractivity (Wildman–Crippen MR) is 83.4 cm³/mol. The van der Waals surface area contributed by atoms with Crippen molar-refractivity contribution in [3.8, 4) is 0 Å². The summed E-state index contributed by atoms with van der Waals surface area (Å²) in [5, 5.41) is 20.9. The molecule has 0 spiro atoms. The summed E-state index contributed by atoms with van der Waals surface area (Å²) in [6, 6.07) is 14.9. The molecule has 0 amide bonds. The van der Waals surface area contributed by atoms with E-state index in [0.717, 1.165) is 5.56 Å². The summed E-state index contributed by atoms with van der Waals surface area (Å²) in [5.41, 5.74) is 7.49. The van der Waals surface area contributed by atoms with E-state index >= 15 is 0 Å². The Morgan fingerprint density at radius 1 is 1.14 bits per heavy atom. The van der Waals surface area contributed by atoms with Crippen LogP contribution in [-0.4, -0.2) is 16.1 Å². The van der Waals surface area contributed by atoms with E-state index in [4.69, 9.17) is 5.73 Å². The Kier molecular flexibility index (Phi) is 6.30. The van der Waals surface area contributed by atoms with Crippen molar-refractivity contribution in [1.82, 2.24) is 0 Å². The zero-order chi connectivity index (χ0) is 14.5. The lowest BCUT2D eigenvalue weighted by molar-refractivity contribution is -0.384. The number of nitrogens with two attached hydrogens (primary N) is 1. The fourth-order valence-electron chi connectivity index (χ4n) is 2.05. The number of aliphatic hydroxyl groups excluding tert-OH is 1. The van der Waals surface area contributed by atoms with Gasteiger partial charge in [-0.1, -0.05) is 42.5 Å². The Morgan fingerprint density at radius 2 is 1.81 bits per heavy atom. The molecule has 0 saturated heterocycles. The lowest BCUT2D eigenvalue weighted by Crippen LogP contribution is -2.28. The monoisotopic (exact) mass is 308 g/mol. The molecule has 0 saturated carbocycles. The SMILES string of the molecule is Cl.N[C@@H](c1cccc([N+](=O)[O-])c1)[C@H](O)Cc1ccccc1. The molecule has 112 valence electrons. The molecular weight excluding hydrogens is 292 g/mol. The van der Waals surface area contributed by atoms with Gasteiger partial charge in [-0.2, -0.15) is 0 Å². The number of hydrogen-bond acceptors (Lipinski definition) is 4. The topological polar surface area (TPSA) is 89.4 Å². The Bertz CT molecular complexity index is 592. The number of benzene rings is 2. The number of nitro benzene ring substituents is 1. The van der Waals surface area contributed by atoms with Crippen molar-refractivity contribution in [2.75, 3.05) is 0 Å². The third-order valence-electron chi connectivity index (χ3n) is 3.17. The molecule has 0 unspecified atom stereocenters. The first-order chi connectivity index (χ1) is 9.58. The molecule has 2 aromatic rings. The van der Waals surface area contributed by atoms with E-state index in [9.17, 15) is 15.2 Å². The van der Waals surface area contributed by atoms with Crippen molar-refractivity contribution in [1.29, 1.82) is 0 Å². The number of non-ortho nitro benzene ring substituents is 1. The van der Waals surface area contributed by atoms with Gasteiger partial charge in [0, 0.05) is 18.6 Å². The molecule has 2 atom stereocenters. The van der Waals surface area contributed by atoms with E-state index in [1.807, 2.05) is 30.3 Å². The van der Waals surface area contributed by atoms with Crippen molar-refractivity contribution in [3.05, 3.63) is 75.8 Å². The molecule has 6 heteroatoms. The Hall–Kier alpha value is -1.95. The van der Waals surface area contributed by atoms with Crippen LogP contribution in [0.2, 0.25) is 0 Å². The number of aliphatic hydroxyl groups is 1. The van der Waals surface area contributed by atoms with E-state index in [1.54, 1.807) is 12.1 Å². The summed E-state index contributed by atoms with van der Waals surface area (Å²) in [5.74, 6) is 0. The standard InChI is InChI=1S/C15H16N2O3.ClH/c16-15(12-7-4-8-13(10-12)17(19)20)14(18)9-11-5-2-1-3-6-11;/h1-8,10,14-15,18H,9,16H2;1H/t14-,15+;/m1./s1. The maximum Gasteiger partial charge on any atom is 0.269 e. The van der Waals surface area contributed by atoms with Crippen LogP contribution < -0.4 is 5.73 Å². The van der Waals surface area contributed by atoms with Gasteiger partial charge in [-0.05, 0) is 11.1 Å². The van der Waals surface area contributed by atoms with E-state index in [0.29, 0.717) is 12.0 Å². The van der Waals surface area contributed by atoms with E-state index in [1.165, 1.54) is 12.1 Å². The molecule has 0 bridgehead atoms. The zero-order valence-electron chi connectivity index (χ0n) is 11.3. The molecule has 0 aromatic heterocycles. The average molecular weight is 309 g/mol. The number of rotatable bonds is 5. The van der Waals surface area contributed by atoms with Gasteiger partial charge in [0.1, 0.15) is 0 Å². The second kappa shape index (κ2) is 7.73. The van der Waals surface area contributed by atoms with Crippen molar-refractivity contribution in [3.63, 3.8) is 0 Å². The number of halogens is 1. The quantitative estimate of drug-likeness (QED) is 0.656. The van der Waals surface area contributed by atoms with Crippen LogP contribution in [-0.2, 0) is 6.42 Å². The van der Waals surface area contributed by atoms with Crippen molar-refractivity contribution in [2.45, 2.75) is 18.6 Å². The van der Waals surface area contributed by atoms with Gasteiger partial charge in [0.15, 0.2) is 0 Å². The minimum atomic E-state index is -0.792. The molecule has 2 rings (SSSR count). The van der Waals surface area contributed by atoms with E-state index in [-0.39, 0.29) is 18.1 Å². The highest BCUT2D eigenvalue weighted by Gasteiger charge is 2.19. The van der Waals surface area contributed by atoms with Gasteiger partial charge < -0.3 is 10.8 Å². The van der Waals surface area contributed by atoms with Crippen molar-refractivity contribution < 1.29 is 10.0 Å². The third kappa shape index (κ3) is 4.53. The van der Waals surface area contributed by atoms with Crippen LogP contribution in [0.1, 0.15) is 17.2 Å². The highest BCUT2D eigenvalue weighted by molar-refractivity contribution is 5.85. The van der Waals surface area contributed by atoms with Crippen LogP contribution in [0.5, 0.6) is 0 Å². The number of hydrogen-bond donors (Lipinski definition) is 2. The summed E-state index contributed by atoms with van der Waals surface area (Å²) in [4.78, 5) is 10.3. The van der Waals surface area contributed by atoms with Crippen molar-refractivity contribution in [2.24, 2.45) is 5.73 Å². The van der Waals surface area contributed by atoms with Crippen LogP contribution in [0.3, 0.4) is 0 Å². The van der Waals surface area contributed by atoms with Gasteiger partial charge in [-0.3, -0.25) is 10.1 Å². The largest absolute Gasteiger partial charge is 0.391 e. The average Bonchev–Trinajstić information content (AvgIpc) is 2.47. The summed E-state index contributed by atoms with van der Waals surface area (Å²) < 4.78 is 0. The Morgan fingerprint density at radius 3 is 2.43 bits per heavy atom. The zero-order valence-corrected chi connectivity index (χ0v) is 12.1. The molecule has 2 aromatic carbocycles. The number of nitrogens with zero attached hydrogens (tertiary/aromatic N) is 1. The van der Waals surface area contributed by atoms with Crippen LogP contribution >= 0.6 is 12.4 Å². The fourth-order valence-corrected chi connectivity index (χ4v) is 2.05. The normalized spacial score (nSPS) is 13.0. The Labute approximate surface area is 129 Å². The molecule has 0 fully saturated rings. The summed E-state index contributed by atoms with van der Waals surface area (Å²) >= 11 is 0. The first-order valence-electron chi connectivity index (χ1n) is 6.30. The molecular formula is C15H17ClN2O3.